The molecule has 0 heterocycles. The molecule has 0 saturated carbocycles. The molecule has 0 unspecified atom stereocenters. The number of halogens is 4. The van der Waals surface area contributed by atoms with Crippen LogP contribution in [0.5, 0.6) is 0 Å². The van der Waals surface area contributed by atoms with E-state index >= 15 is 0 Å². The molecule has 0 saturated heterocycles. The van der Waals surface area contributed by atoms with Crippen molar-refractivity contribution in [3.05, 3.63) is 57.8 Å². The number of nitrogens with zero attached hydrogens (tertiary/aromatic N) is 1. The molecule has 2 rings (SSSR count). The van der Waals surface area contributed by atoms with Gasteiger partial charge in [-0.05, 0) is 46.3 Å². The summed E-state index contributed by atoms with van der Waals surface area (Å²) in [5.41, 5.74) is -0.285. The van der Waals surface area contributed by atoms with Crippen molar-refractivity contribution in [3.63, 3.8) is 0 Å². The minimum absolute atomic E-state index is 0.168. The van der Waals surface area contributed by atoms with Gasteiger partial charge >= 0.3 is 0 Å². The summed E-state index contributed by atoms with van der Waals surface area (Å²) in [5, 5.41) is 11.1. The first-order valence-electron chi connectivity index (χ1n) is 5.13. The summed E-state index contributed by atoms with van der Waals surface area (Å²) in [5.74, 6) is -2.94. The quantitative estimate of drug-likeness (QED) is 0.883. The topological polar surface area (TPSA) is 35.8 Å². The smallest absolute Gasteiger partial charge is 0.183 e. The average molecular weight is 327 g/mol. The van der Waals surface area contributed by atoms with Gasteiger partial charge in [0.15, 0.2) is 11.6 Å². The van der Waals surface area contributed by atoms with E-state index in [1.807, 2.05) is 0 Å². The van der Waals surface area contributed by atoms with E-state index in [0.717, 1.165) is 12.1 Å². The number of rotatable bonds is 2. The highest BCUT2D eigenvalue weighted by atomic mass is 79.9. The Hall–Kier alpha value is -2.00. The monoisotopic (exact) mass is 326 g/mol. The van der Waals surface area contributed by atoms with Crippen LogP contribution in [0.15, 0.2) is 34.8 Å². The van der Waals surface area contributed by atoms with E-state index in [2.05, 4.69) is 21.2 Å². The number of hydrogen-bond donors (Lipinski definition) is 1. The van der Waals surface area contributed by atoms with Crippen LogP contribution in [-0.4, -0.2) is 0 Å². The van der Waals surface area contributed by atoms with E-state index in [9.17, 15) is 13.2 Å². The van der Waals surface area contributed by atoms with Crippen molar-refractivity contribution in [2.45, 2.75) is 0 Å². The summed E-state index contributed by atoms with van der Waals surface area (Å²) in [6.45, 7) is 0. The van der Waals surface area contributed by atoms with Gasteiger partial charge < -0.3 is 5.32 Å². The molecule has 96 valence electrons. The normalized spacial score (nSPS) is 10.1. The van der Waals surface area contributed by atoms with Crippen molar-refractivity contribution >= 4 is 27.3 Å². The second-order valence-electron chi connectivity index (χ2n) is 3.65. The summed E-state index contributed by atoms with van der Waals surface area (Å²) < 4.78 is 40.6. The Kier molecular flexibility index (Phi) is 3.76. The van der Waals surface area contributed by atoms with Crippen LogP contribution >= 0.6 is 15.9 Å². The van der Waals surface area contributed by atoms with Crippen LogP contribution < -0.4 is 5.32 Å². The van der Waals surface area contributed by atoms with Gasteiger partial charge in [0, 0.05) is 5.69 Å². The third-order valence-electron chi connectivity index (χ3n) is 2.40. The van der Waals surface area contributed by atoms with Crippen molar-refractivity contribution in [2.24, 2.45) is 0 Å². The summed E-state index contributed by atoms with van der Waals surface area (Å²) in [6.07, 6.45) is 0. The lowest BCUT2D eigenvalue weighted by molar-refractivity contribution is 0.509. The predicted molar refractivity (Wildman–Crippen MR) is 68.5 cm³/mol. The average Bonchev–Trinajstić information content (AvgIpc) is 2.40. The van der Waals surface area contributed by atoms with Gasteiger partial charge in [-0.3, -0.25) is 0 Å². The summed E-state index contributed by atoms with van der Waals surface area (Å²) in [6, 6.07) is 7.98. The Bertz CT molecular complexity index is 680. The molecule has 0 aromatic heterocycles. The summed E-state index contributed by atoms with van der Waals surface area (Å²) in [4.78, 5) is 0. The molecule has 0 aliphatic heterocycles. The third-order valence-corrected chi connectivity index (χ3v) is 3.04. The molecule has 0 aliphatic rings. The molecular formula is C13H6BrF3N2. The minimum Gasteiger partial charge on any atom is -0.353 e. The molecule has 0 bridgehead atoms. The molecule has 0 aliphatic carbocycles. The molecule has 2 aromatic carbocycles. The highest BCUT2D eigenvalue weighted by molar-refractivity contribution is 9.10. The molecule has 0 spiro atoms. The van der Waals surface area contributed by atoms with Gasteiger partial charge in [-0.25, -0.2) is 13.2 Å². The molecule has 0 fully saturated rings. The lowest BCUT2D eigenvalue weighted by Gasteiger charge is -2.09. The van der Waals surface area contributed by atoms with E-state index in [0.29, 0.717) is 0 Å². The van der Waals surface area contributed by atoms with Gasteiger partial charge in [0.1, 0.15) is 11.9 Å². The molecule has 2 nitrogen and oxygen atoms in total. The van der Waals surface area contributed by atoms with Gasteiger partial charge in [-0.15, -0.1) is 0 Å². The van der Waals surface area contributed by atoms with Crippen molar-refractivity contribution < 1.29 is 13.2 Å². The highest BCUT2D eigenvalue weighted by Gasteiger charge is 2.13. The Balaban J connectivity index is 2.36. The van der Waals surface area contributed by atoms with E-state index in [4.69, 9.17) is 5.26 Å². The summed E-state index contributed by atoms with van der Waals surface area (Å²) in [7, 11) is 0. The van der Waals surface area contributed by atoms with Gasteiger partial charge in [0.05, 0.1) is 15.7 Å². The number of nitriles is 1. The number of benzene rings is 2. The lowest BCUT2D eigenvalue weighted by Crippen LogP contribution is -1.99. The molecule has 0 atom stereocenters. The van der Waals surface area contributed by atoms with Gasteiger partial charge in [-0.1, -0.05) is 0 Å². The van der Waals surface area contributed by atoms with Crippen LogP contribution in [0.25, 0.3) is 0 Å². The van der Waals surface area contributed by atoms with Gasteiger partial charge in [0.25, 0.3) is 0 Å². The standard InChI is InChI=1S/C13H6BrF3N2/c14-9-3-2-8(5-10(9)15)19-11-4-1-7(6-18)12(16)13(11)17/h1-5,19H. The Morgan fingerprint density at radius 2 is 1.79 bits per heavy atom. The molecule has 1 N–H and O–H groups in total. The van der Waals surface area contributed by atoms with E-state index in [1.54, 1.807) is 0 Å². The SMILES string of the molecule is N#Cc1ccc(Nc2ccc(Br)c(F)c2)c(F)c1F. The Morgan fingerprint density at radius 3 is 2.42 bits per heavy atom. The van der Waals surface area contributed by atoms with Crippen molar-refractivity contribution in [1.82, 2.24) is 0 Å². The fourth-order valence-corrected chi connectivity index (χ4v) is 1.71. The molecule has 6 heteroatoms. The minimum atomic E-state index is -1.23. The fraction of sp³-hybridized carbons (Fsp3) is 0. The van der Waals surface area contributed by atoms with Crippen LogP contribution in [0.2, 0.25) is 0 Å². The maximum absolute atomic E-state index is 13.6. The molecule has 2 aromatic rings. The first-order chi connectivity index (χ1) is 9.02. The molecule has 0 amide bonds. The zero-order chi connectivity index (χ0) is 14.0. The third kappa shape index (κ3) is 2.71. The van der Waals surface area contributed by atoms with E-state index in [1.165, 1.54) is 24.3 Å². The number of anilines is 2. The highest BCUT2D eigenvalue weighted by Crippen LogP contribution is 2.26. The second-order valence-corrected chi connectivity index (χ2v) is 4.51. The lowest BCUT2D eigenvalue weighted by atomic mass is 10.2. The van der Waals surface area contributed by atoms with Crippen LogP contribution in [0, 0.1) is 28.8 Å². The Morgan fingerprint density at radius 1 is 1.05 bits per heavy atom. The zero-order valence-corrected chi connectivity index (χ0v) is 10.9. The van der Waals surface area contributed by atoms with Crippen LogP contribution in [0.3, 0.4) is 0 Å². The first-order valence-corrected chi connectivity index (χ1v) is 5.92. The number of nitrogens with one attached hydrogen (secondary N) is 1. The van der Waals surface area contributed by atoms with E-state index in [-0.39, 0.29) is 21.4 Å². The zero-order valence-electron chi connectivity index (χ0n) is 9.35. The van der Waals surface area contributed by atoms with Gasteiger partial charge in [0.2, 0.25) is 0 Å². The fourth-order valence-electron chi connectivity index (χ4n) is 1.46. The maximum Gasteiger partial charge on any atom is 0.183 e. The van der Waals surface area contributed by atoms with Crippen LogP contribution in [-0.2, 0) is 0 Å². The molecule has 0 radical (unpaired) electrons. The second kappa shape index (κ2) is 5.33. The van der Waals surface area contributed by atoms with Gasteiger partial charge in [-0.2, -0.15) is 5.26 Å². The maximum atomic E-state index is 13.6. The van der Waals surface area contributed by atoms with Crippen molar-refractivity contribution in [3.8, 4) is 6.07 Å². The molecule has 19 heavy (non-hydrogen) atoms. The van der Waals surface area contributed by atoms with Crippen LogP contribution in [0.1, 0.15) is 5.56 Å². The largest absolute Gasteiger partial charge is 0.353 e. The number of hydrogen-bond acceptors (Lipinski definition) is 2. The molecular weight excluding hydrogens is 321 g/mol. The van der Waals surface area contributed by atoms with Crippen molar-refractivity contribution in [1.29, 1.82) is 5.26 Å². The van der Waals surface area contributed by atoms with E-state index < -0.39 is 17.5 Å². The van der Waals surface area contributed by atoms with Crippen molar-refractivity contribution in [2.75, 3.05) is 5.32 Å². The van der Waals surface area contributed by atoms with Crippen LogP contribution in [0.4, 0.5) is 24.5 Å². The Labute approximate surface area is 115 Å². The first kappa shape index (κ1) is 13.4. The predicted octanol–water partition coefficient (Wildman–Crippen LogP) is 4.48. The summed E-state index contributed by atoms with van der Waals surface area (Å²) >= 11 is 2.99.